The van der Waals surface area contributed by atoms with Crippen LogP contribution in [0.15, 0.2) is 98.1 Å². The van der Waals surface area contributed by atoms with E-state index in [1.807, 2.05) is 0 Å². The van der Waals surface area contributed by atoms with Crippen molar-refractivity contribution in [3.8, 4) is 11.5 Å². The van der Waals surface area contributed by atoms with E-state index < -0.39 is 74.8 Å². The Morgan fingerprint density at radius 3 is 1.35 bits per heavy atom. The number of nitrogen functional groups attached to an aromatic ring is 2. The molecular formula is C46H56N10O14P2. The summed E-state index contributed by atoms with van der Waals surface area (Å²) in [7, 11) is -8.04. The maximum Gasteiger partial charge on any atom is 0.404 e. The maximum atomic E-state index is 14.0. The average molecular weight is 1030 g/mol. The number of carbonyl (C=O) groups excluding carboxylic acids is 4. The van der Waals surface area contributed by atoms with Crippen molar-refractivity contribution in [2.75, 3.05) is 37.4 Å². The number of fused-ring (bicyclic) bond motifs is 2. The summed E-state index contributed by atoms with van der Waals surface area (Å²) in [6.45, 7) is 9.34. The number of anilines is 2. The van der Waals surface area contributed by atoms with Crippen molar-refractivity contribution in [2.24, 2.45) is 10.8 Å². The van der Waals surface area contributed by atoms with Crippen LogP contribution in [0.3, 0.4) is 0 Å². The van der Waals surface area contributed by atoms with Crippen LogP contribution >= 0.6 is 15.2 Å². The summed E-state index contributed by atoms with van der Waals surface area (Å²) in [6, 6.07) is 16.6. The number of ether oxygens (including phenoxy) is 4. The molecule has 6 rings (SSSR count). The monoisotopic (exact) mass is 1030 g/mol. The molecule has 0 saturated heterocycles. The van der Waals surface area contributed by atoms with Gasteiger partial charge in [0.15, 0.2) is 35.6 Å². The molecule has 0 aliphatic carbocycles. The van der Waals surface area contributed by atoms with E-state index in [-0.39, 0.29) is 62.3 Å². The highest BCUT2D eigenvalue weighted by Gasteiger charge is 2.36. The van der Waals surface area contributed by atoms with Gasteiger partial charge in [0, 0.05) is 12.2 Å². The number of para-hydroxylation sites is 2. The van der Waals surface area contributed by atoms with Crippen molar-refractivity contribution in [3.63, 3.8) is 0 Å². The van der Waals surface area contributed by atoms with Crippen molar-refractivity contribution in [1.29, 1.82) is 0 Å². The Morgan fingerprint density at radius 2 is 0.972 bits per heavy atom. The minimum Gasteiger partial charge on any atom is -0.423 e. The molecule has 0 amide bonds. The van der Waals surface area contributed by atoms with Crippen LogP contribution in [0.1, 0.15) is 54.4 Å². The summed E-state index contributed by atoms with van der Waals surface area (Å²) < 4.78 is 76.3. The van der Waals surface area contributed by atoms with E-state index in [4.69, 9.17) is 48.5 Å². The molecule has 0 bridgehead atoms. The van der Waals surface area contributed by atoms with Crippen molar-refractivity contribution in [2.45, 2.75) is 79.7 Å². The zero-order valence-corrected chi connectivity index (χ0v) is 42.2. The van der Waals surface area contributed by atoms with E-state index in [0.717, 1.165) is 0 Å². The summed E-state index contributed by atoms with van der Waals surface area (Å²) >= 11 is 0. The molecular weight excluding hydrogens is 979 g/mol. The van der Waals surface area contributed by atoms with Gasteiger partial charge in [0.25, 0.3) is 0 Å². The molecule has 0 aliphatic heterocycles. The number of hydrogen-bond donors (Lipinski definition) is 2. The number of esters is 4. The molecule has 0 saturated carbocycles. The minimum absolute atomic E-state index is 0.0889. The molecule has 0 fully saturated rings. The van der Waals surface area contributed by atoms with E-state index in [1.54, 1.807) is 83.6 Å². The smallest absolute Gasteiger partial charge is 0.404 e. The van der Waals surface area contributed by atoms with Crippen molar-refractivity contribution < 1.29 is 65.4 Å². The largest absolute Gasteiger partial charge is 0.423 e. The predicted octanol–water partition coefficient (Wildman–Crippen LogP) is 6.66. The quantitative estimate of drug-likeness (QED) is 0.0248. The SMILES string of the molecule is C[C@H](Cn1cnc2c(N)ncnc21)OCP(=O)(OCCC(C)(C)C(=O)OC(=O)/C=C/C(=O)OC(=O)C(C)(C)CCOP(=O)(CO[C@H](C)Cn1cnc2c(N)ncnc21)Oc1ccccc1)Oc1ccccc1. The Kier molecular flexibility index (Phi) is 18.1. The van der Waals surface area contributed by atoms with Crippen LogP contribution < -0.4 is 20.5 Å². The molecule has 6 aromatic rings. The van der Waals surface area contributed by atoms with Crippen LogP contribution in [0.2, 0.25) is 0 Å². The molecule has 2 unspecified atom stereocenters. The number of nitrogens with zero attached hydrogens (tertiary/aromatic N) is 8. The van der Waals surface area contributed by atoms with E-state index in [2.05, 4.69) is 29.9 Å². The first kappa shape index (κ1) is 54.4. The summed E-state index contributed by atoms with van der Waals surface area (Å²) in [5.74, 6) is -3.49. The second-order valence-electron chi connectivity index (χ2n) is 17.6. The van der Waals surface area contributed by atoms with Gasteiger partial charge in [-0.05, 0) is 78.6 Å². The van der Waals surface area contributed by atoms with E-state index in [0.29, 0.717) is 34.5 Å². The summed E-state index contributed by atoms with van der Waals surface area (Å²) in [4.78, 5) is 76.3. The highest BCUT2D eigenvalue weighted by molar-refractivity contribution is 7.54. The molecule has 4 atom stereocenters. The van der Waals surface area contributed by atoms with Gasteiger partial charge in [-0.15, -0.1) is 0 Å². The first-order chi connectivity index (χ1) is 34.1. The number of aromatic nitrogens is 8. The van der Waals surface area contributed by atoms with Crippen LogP contribution in [-0.2, 0) is 69.4 Å². The highest BCUT2D eigenvalue weighted by Crippen LogP contribution is 2.50. The van der Waals surface area contributed by atoms with Crippen LogP contribution in [0.4, 0.5) is 11.6 Å². The molecule has 26 heteroatoms. The fourth-order valence-electron chi connectivity index (χ4n) is 6.37. The maximum absolute atomic E-state index is 14.0. The zero-order valence-electron chi connectivity index (χ0n) is 40.4. The van der Waals surface area contributed by atoms with Gasteiger partial charge in [0.05, 0.1) is 62.0 Å². The molecule has 384 valence electrons. The lowest BCUT2D eigenvalue weighted by Gasteiger charge is -2.25. The normalized spacial score (nSPS) is 14.6. The Bertz CT molecular complexity index is 2770. The van der Waals surface area contributed by atoms with Gasteiger partial charge in [-0.2, -0.15) is 0 Å². The Balaban J connectivity index is 0.955. The summed E-state index contributed by atoms with van der Waals surface area (Å²) in [6.07, 6.45) is 4.79. The second kappa shape index (κ2) is 24.0. The van der Waals surface area contributed by atoms with Gasteiger partial charge in [-0.3, -0.25) is 18.6 Å². The highest BCUT2D eigenvalue weighted by atomic mass is 31.2. The van der Waals surface area contributed by atoms with Crippen LogP contribution in [0.25, 0.3) is 22.3 Å². The van der Waals surface area contributed by atoms with E-state index in [1.165, 1.54) is 53.0 Å². The van der Waals surface area contributed by atoms with E-state index in [9.17, 15) is 28.3 Å². The fourth-order valence-corrected chi connectivity index (χ4v) is 9.23. The first-order valence-electron chi connectivity index (χ1n) is 22.4. The molecule has 0 radical (unpaired) electrons. The van der Waals surface area contributed by atoms with Crippen molar-refractivity contribution >= 4 is 73.0 Å². The number of imidazole rings is 2. The van der Waals surface area contributed by atoms with Gasteiger partial charge in [-0.25, -0.2) is 48.6 Å². The number of rotatable bonds is 26. The number of hydrogen-bond acceptors (Lipinski definition) is 22. The van der Waals surface area contributed by atoms with Gasteiger partial charge < -0.3 is 48.6 Å². The zero-order chi connectivity index (χ0) is 52.1. The Morgan fingerprint density at radius 1 is 0.597 bits per heavy atom. The summed E-state index contributed by atoms with van der Waals surface area (Å²) in [5, 5.41) is 0. The third-order valence-corrected chi connectivity index (χ3v) is 13.7. The predicted molar refractivity (Wildman–Crippen MR) is 260 cm³/mol. The molecule has 0 aliphatic rings. The lowest BCUT2D eigenvalue weighted by molar-refractivity contribution is -0.166. The van der Waals surface area contributed by atoms with Crippen LogP contribution in [0.5, 0.6) is 11.5 Å². The van der Waals surface area contributed by atoms with Gasteiger partial charge >= 0.3 is 39.1 Å². The number of nitrogens with two attached hydrogens (primary N) is 2. The summed E-state index contributed by atoms with van der Waals surface area (Å²) in [5.41, 5.74) is 10.9. The van der Waals surface area contributed by atoms with Crippen molar-refractivity contribution in [1.82, 2.24) is 39.0 Å². The average Bonchev–Trinajstić information content (AvgIpc) is 3.95. The Labute approximate surface area is 413 Å². The Hall–Kier alpha value is -6.94. The molecule has 4 heterocycles. The molecule has 72 heavy (non-hydrogen) atoms. The third kappa shape index (κ3) is 15.3. The minimum atomic E-state index is -4.02. The lowest BCUT2D eigenvalue weighted by Crippen LogP contribution is -2.30. The van der Waals surface area contributed by atoms with E-state index >= 15 is 0 Å². The molecule has 4 N–H and O–H groups in total. The second-order valence-corrected chi connectivity index (χ2v) is 21.4. The van der Waals surface area contributed by atoms with Gasteiger partial charge in [0.2, 0.25) is 0 Å². The molecule has 24 nitrogen and oxygen atoms in total. The lowest BCUT2D eigenvalue weighted by atomic mass is 9.90. The topological polar surface area (TPSA) is 315 Å². The van der Waals surface area contributed by atoms with Gasteiger partial charge in [-0.1, -0.05) is 36.4 Å². The molecule has 2 aromatic carbocycles. The molecule has 4 aromatic heterocycles. The van der Waals surface area contributed by atoms with Crippen LogP contribution in [0, 0.1) is 10.8 Å². The van der Waals surface area contributed by atoms with Crippen molar-refractivity contribution in [3.05, 3.63) is 98.1 Å². The fraction of sp³-hybridized carbons (Fsp3) is 0.391. The first-order valence-corrected chi connectivity index (χ1v) is 25.8. The standard InChI is InChI=1S/C46H56N10O14P2/c1-31(23-55-27-53-37-39(47)49-25-51-41(37)55)63-29-71(61,69-33-13-9-7-10-14-33)65-21-19-45(3,4)43(59)67-35(57)17-18-36(58)68-44(60)46(5,6)20-22-66-72(62,70-34-15-11-8-12-16-34)30-64-32(2)24-56-28-54-38-40(48)50-26-52-42(38)56/h7-18,25-28,31-32H,19-24,29-30H2,1-6H3,(H2,47,49,51)(H2,48,50,52)/b18-17+/t31-,32-,71?,72?/m1/s1. The molecule has 0 spiro atoms. The number of carbonyl (C=O) groups is 4. The van der Waals surface area contributed by atoms with Crippen LogP contribution in [-0.4, -0.2) is 101 Å². The van der Waals surface area contributed by atoms with Gasteiger partial charge in [0.1, 0.15) is 35.2 Å². The number of benzene rings is 2. The third-order valence-electron chi connectivity index (χ3n) is 10.7.